The van der Waals surface area contributed by atoms with Crippen LogP contribution in [0.3, 0.4) is 0 Å². The van der Waals surface area contributed by atoms with Crippen LogP contribution in [0.25, 0.3) is 6.08 Å². The molecule has 0 fully saturated rings. The Kier molecular flexibility index (Phi) is 7.32. The lowest BCUT2D eigenvalue weighted by Gasteiger charge is -2.12. The van der Waals surface area contributed by atoms with Gasteiger partial charge in [-0.25, -0.2) is 4.79 Å². The van der Waals surface area contributed by atoms with Crippen LogP contribution in [0.2, 0.25) is 0 Å². The smallest absolute Gasteiger partial charge is 0.338 e. The molecule has 1 heterocycles. The van der Waals surface area contributed by atoms with Gasteiger partial charge in [0.2, 0.25) is 0 Å². The number of hydrogen-bond donors (Lipinski definition) is 1. The second-order valence-electron chi connectivity index (χ2n) is 6.78. The zero-order chi connectivity index (χ0) is 22.5. The fourth-order valence-corrected chi connectivity index (χ4v) is 3.79. The Balaban J connectivity index is 1.97. The highest BCUT2D eigenvalue weighted by Crippen LogP contribution is 2.35. The average molecular weight is 534 g/mol. The largest absolute Gasteiger partial charge is 0.504 e. The molecule has 1 aliphatic rings. The molecule has 0 aliphatic carbocycles. The van der Waals surface area contributed by atoms with Gasteiger partial charge in [-0.3, -0.25) is 4.79 Å². The van der Waals surface area contributed by atoms with Crippen LogP contribution in [0.5, 0.6) is 11.5 Å². The lowest BCUT2D eigenvalue weighted by atomic mass is 10.0. The number of anilines is 1. The van der Waals surface area contributed by atoms with Crippen molar-refractivity contribution in [3.8, 4) is 11.5 Å². The summed E-state index contributed by atoms with van der Waals surface area (Å²) in [6, 6.07) is 10.0. The number of amides is 1. The molecule has 1 aliphatic heterocycles. The van der Waals surface area contributed by atoms with Gasteiger partial charge in [0, 0.05) is 9.13 Å². The Bertz CT molecular complexity index is 1060. The zero-order valence-corrected chi connectivity index (χ0v) is 19.7. The number of rotatable bonds is 7. The Labute approximate surface area is 194 Å². The van der Waals surface area contributed by atoms with Crippen LogP contribution in [-0.2, 0) is 9.53 Å². The van der Waals surface area contributed by atoms with E-state index in [2.05, 4.69) is 27.7 Å². The van der Waals surface area contributed by atoms with Crippen LogP contribution >= 0.6 is 22.6 Å². The second kappa shape index (κ2) is 9.95. The number of carbonyl (C=O) groups is 2. The van der Waals surface area contributed by atoms with Crippen molar-refractivity contribution in [3.63, 3.8) is 0 Å². The van der Waals surface area contributed by atoms with E-state index in [1.807, 2.05) is 6.92 Å². The average Bonchev–Trinajstić information content (AvgIpc) is 3.06. The van der Waals surface area contributed by atoms with Crippen molar-refractivity contribution in [2.45, 2.75) is 26.7 Å². The van der Waals surface area contributed by atoms with Crippen molar-refractivity contribution in [2.75, 3.05) is 18.7 Å². The number of aromatic hydroxyl groups is 1. The Morgan fingerprint density at radius 3 is 2.55 bits per heavy atom. The van der Waals surface area contributed by atoms with Crippen molar-refractivity contribution in [3.05, 3.63) is 56.7 Å². The first-order valence-corrected chi connectivity index (χ1v) is 10.9. The highest BCUT2D eigenvalue weighted by molar-refractivity contribution is 14.1. The van der Waals surface area contributed by atoms with Gasteiger partial charge in [-0.15, -0.1) is 0 Å². The number of ether oxygens (including phenoxy) is 2. The standard InChI is InChI=1S/C23H23IN2O5/c1-4-6-19-18(12-15-11-16(24)13-20(30-3)21(15)27)22(28)26(25-19)17-9-7-14(8-10-17)23(29)31-5-2/h7-13,27H,4-6H2,1-3H3. The van der Waals surface area contributed by atoms with Gasteiger partial charge in [-0.05, 0) is 78.4 Å². The molecule has 0 atom stereocenters. The van der Waals surface area contributed by atoms with E-state index in [9.17, 15) is 14.7 Å². The van der Waals surface area contributed by atoms with Gasteiger partial charge in [0.25, 0.3) is 5.91 Å². The molecule has 8 heteroatoms. The van der Waals surface area contributed by atoms with E-state index in [1.165, 1.54) is 12.1 Å². The predicted molar refractivity (Wildman–Crippen MR) is 128 cm³/mol. The summed E-state index contributed by atoms with van der Waals surface area (Å²) in [5, 5.41) is 16.3. The number of nitrogens with zero attached hydrogens (tertiary/aromatic N) is 2. The van der Waals surface area contributed by atoms with Gasteiger partial charge >= 0.3 is 5.97 Å². The molecule has 2 aromatic rings. The number of phenolic OH excluding ortho intramolecular Hbond substituents is 1. The molecule has 1 N–H and O–H groups in total. The van der Waals surface area contributed by atoms with Crippen molar-refractivity contribution < 1.29 is 24.2 Å². The van der Waals surface area contributed by atoms with Crippen molar-refractivity contribution in [1.29, 1.82) is 0 Å². The fourth-order valence-electron chi connectivity index (χ4n) is 3.17. The van der Waals surface area contributed by atoms with Gasteiger partial charge in [0.1, 0.15) is 0 Å². The molecular weight excluding hydrogens is 511 g/mol. The normalized spacial score (nSPS) is 14.7. The van der Waals surface area contributed by atoms with Crippen LogP contribution in [0.1, 0.15) is 42.6 Å². The summed E-state index contributed by atoms with van der Waals surface area (Å²) in [6.45, 7) is 4.04. The molecule has 0 radical (unpaired) electrons. The molecule has 0 saturated carbocycles. The van der Waals surface area contributed by atoms with Crippen molar-refractivity contribution in [2.24, 2.45) is 5.10 Å². The number of benzene rings is 2. The molecule has 0 aromatic heterocycles. The summed E-state index contributed by atoms with van der Waals surface area (Å²) in [5.74, 6) is -0.411. The number of carbonyl (C=O) groups excluding carboxylic acids is 2. The molecule has 0 unspecified atom stereocenters. The minimum atomic E-state index is -0.416. The van der Waals surface area contributed by atoms with E-state index < -0.39 is 5.97 Å². The highest BCUT2D eigenvalue weighted by Gasteiger charge is 2.31. The Morgan fingerprint density at radius 1 is 1.23 bits per heavy atom. The van der Waals surface area contributed by atoms with Crippen molar-refractivity contribution in [1.82, 2.24) is 0 Å². The van der Waals surface area contributed by atoms with Gasteiger partial charge < -0.3 is 14.6 Å². The van der Waals surface area contributed by atoms with Crippen LogP contribution in [0.15, 0.2) is 47.1 Å². The number of esters is 1. The number of phenols is 1. The fraction of sp³-hybridized carbons (Fsp3) is 0.261. The molecule has 2 aromatic carbocycles. The maximum Gasteiger partial charge on any atom is 0.338 e. The third kappa shape index (κ3) is 4.90. The zero-order valence-electron chi connectivity index (χ0n) is 17.5. The molecule has 162 valence electrons. The summed E-state index contributed by atoms with van der Waals surface area (Å²) < 4.78 is 11.1. The highest BCUT2D eigenvalue weighted by atomic mass is 127. The maximum absolute atomic E-state index is 13.2. The lowest BCUT2D eigenvalue weighted by Crippen LogP contribution is -2.21. The van der Waals surface area contributed by atoms with E-state index >= 15 is 0 Å². The lowest BCUT2D eigenvalue weighted by molar-refractivity contribution is -0.114. The second-order valence-corrected chi connectivity index (χ2v) is 8.03. The summed E-state index contributed by atoms with van der Waals surface area (Å²) in [5.41, 5.74) is 2.48. The van der Waals surface area contributed by atoms with Crippen molar-refractivity contribution >= 4 is 51.9 Å². The van der Waals surface area contributed by atoms with Gasteiger partial charge in [0.05, 0.1) is 36.3 Å². The summed E-state index contributed by atoms with van der Waals surface area (Å²) >= 11 is 2.13. The predicted octanol–water partition coefficient (Wildman–Crippen LogP) is 4.77. The number of methoxy groups -OCH3 is 1. The minimum absolute atomic E-state index is 0.0312. The molecule has 1 amide bonds. The first-order valence-electron chi connectivity index (χ1n) is 9.87. The van der Waals surface area contributed by atoms with Crippen LogP contribution in [-0.4, -0.2) is 36.4 Å². The number of hydrazone groups is 1. The summed E-state index contributed by atoms with van der Waals surface area (Å²) in [4.78, 5) is 25.1. The van der Waals surface area contributed by atoms with Crippen LogP contribution in [0.4, 0.5) is 5.69 Å². The first kappa shape index (κ1) is 22.8. The number of hydrogen-bond acceptors (Lipinski definition) is 6. The Morgan fingerprint density at radius 2 is 1.94 bits per heavy atom. The molecule has 0 bridgehead atoms. The summed E-state index contributed by atoms with van der Waals surface area (Å²) in [7, 11) is 1.48. The van der Waals surface area contributed by atoms with E-state index in [4.69, 9.17) is 9.47 Å². The third-order valence-corrected chi connectivity index (χ3v) is 5.28. The minimum Gasteiger partial charge on any atom is -0.504 e. The molecule has 0 saturated heterocycles. The van der Waals surface area contributed by atoms with Crippen LogP contribution in [0, 0.1) is 3.57 Å². The van der Waals surface area contributed by atoms with E-state index in [1.54, 1.807) is 49.4 Å². The van der Waals surface area contributed by atoms with Gasteiger partial charge in [-0.2, -0.15) is 10.1 Å². The Hall–Kier alpha value is -2.88. The SMILES string of the molecule is CCCC1=NN(c2ccc(C(=O)OCC)cc2)C(=O)C1=Cc1cc(I)cc(OC)c1O. The topological polar surface area (TPSA) is 88.4 Å². The monoisotopic (exact) mass is 534 g/mol. The van der Waals surface area contributed by atoms with Gasteiger partial charge in [-0.1, -0.05) is 13.3 Å². The quantitative estimate of drug-likeness (QED) is 0.314. The molecule has 3 rings (SSSR count). The van der Waals surface area contributed by atoms with Crippen LogP contribution < -0.4 is 9.75 Å². The molecular formula is C23H23IN2O5. The van der Waals surface area contributed by atoms with E-state index in [0.29, 0.717) is 46.9 Å². The van der Waals surface area contributed by atoms with E-state index in [-0.39, 0.29) is 11.7 Å². The number of halogens is 1. The molecule has 7 nitrogen and oxygen atoms in total. The molecule has 0 spiro atoms. The first-order chi connectivity index (χ1) is 14.9. The third-order valence-electron chi connectivity index (χ3n) is 4.65. The molecule has 31 heavy (non-hydrogen) atoms. The maximum atomic E-state index is 13.2. The summed E-state index contributed by atoms with van der Waals surface area (Å²) in [6.07, 6.45) is 3.06. The van der Waals surface area contributed by atoms with Gasteiger partial charge in [0.15, 0.2) is 11.5 Å². The van der Waals surface area contributed by atoms with E-state index in [0.717, 1.165) is 9.99 Å².